The number of halogens is 2. The predicted octanol–water partition coefficient (Wildman–Crippen LogP) is 4.27. The van der Waals surface area contributed by atoms with Gasteiger partial charge in [0, 0.05) is 9.61 Å². The first-order chi connectivity index (χ1) is 8.20. The third-order valence-corrected chi connectivity index (χ3v) is 4.18. The van der Waals surface area contributed by atoms with E-state index in [-0.39, 0.29) is 5.82 Å². The summed E-state index contributed by atoms with van der Waals surface area (Å²) in [6.45, 7) is 3.21. The zero-order valence-electron chi connectivity index (χ0n) is 10.2. The van der Waals surface area contributed by atoms with Crippen LogP contribution in [0, 0.1) is 15.3 Å². The fraction of sp³-hybridized carbons (Fsp3) is 0.571. The highest BCUT2D eigenvalue weighted by Crippen LogP contribution is 2.38. The van der Waals surface area contributed by atoms with Crippen molar-refractivity contribution >= 4 is 22.6 Å². The van der Waals surface area contributed by atoms with Crippen molar-refractivity contribution in [3.8, 4) is 0 Å². The van der Waals surface area contributed by atoms with E-state index in [4.69, 9.17) is 0 Å². The number of hydrogen-bond acceptors (Lipinski definition) is 1. The second-order valence-electron chi connectivity index (χ2n) is 4.85. The fourth-order valence-corrected chi connectivity index (χ4v) is 2.96. The monoisotopic (exact) mass is 347 g/mol. The molecule has 1 aromatic carbocycles. The van der Waals surface area contributed by atoms with Crippen molar-refractivity contribution in [2.75, 3.05) is 6.54 Å². The Morgan fingerprint density at radius 3 is 2.82 bits per heavy atom. The van der Waals surface area contributed by atoms with Crippen LogP contribution in [0.1, 0.15) is 44.2 Å². The molecule has 1 aromatic rings. The molecule has 0 bridgehead atoms. The Morgan fingerprint density at radius 2 is 2.24 bits per heavy atom. The minimum atomic E-state index is -0.140. The molecule has 0 saturated heterocycles. The van der Waals surface area contributed by atoms with Crippen LogP contribution in [0.25, 0.3) is 0 Å². The molecule has 0 amide bonds. The van der Waals surface area contributed by atoms with Crippen molar-refractivity contribution < 1.29 is 4.39 Å². The molecule has 3 heteroatoms. The van der Waals surface area contributed by atoms with Gasteiger partial charge < -0.3 is 5.32 Å². The summed E-state index contributed by atoms with van der Waals surface area (Å²) >= 11 is 2.24. The molecule has 2 rings (SSSR count). The van der Waals surface area contributed by atoms with Gasteiger partial charge in [0.05, 0.1) is 0 Å². The Hall–Kier alpha value is -0.160. The molecule has 0 aromatic heterocycles. The van der Waals surface area contributed by atoms with Crippen LogP contribution in [0.3, 0.4) is 0 Å². The van der Waals surface area contributed by atoms with Gasteiger partial charge in [-0.25, -0.2) is 4.39 Å². The van der Waals surface area contributed by atoms with Gasteiger partial charge in [0.25, 0.3) is 0 Å². The molecule has 0 radical (unpaired) electrons. The number of hydrogen-bond donors (Lipinski definition) is 1. The molecule has 1 unspecified atom stereocenters. The lowest BCUT2D eigenvalue weighted by Gasteiger charge is -2.20. The van der Waals surface area contributed by atoms with Crippen LogP contribution < -0.4 is 5.32 Å². The second kappa shape index (κ2) is 6.14. The molecular weight excluding hydrogens is 328 g/mol. The first-order valence-electron chi connectivity index (χ1n) is 6.39. The zero-order valence-corrected chi connectivity index (χ0v) is 12.3. The van der Waals surface area contributed by atoms with E-state index in [0.29, 0.717) is 6.04 Å². The molecule has 1 atom stereocenters. The van der Waals surface area contributed by atoms with Gasteiger partial charge in [-0.1, -0.05) is 25.8 Å². The maximum atomic E-state index is 13.1. The van der Waals surface area contributed by atoms with Crippen molar-refractivity contribution in [3.05, 3.63) is 33.1 Å². The molecule has 0 heterocycles. The molecule has 1 saturated carbocycles. The van der Waals surface area contributed by atoms with Gasteiger partial charge in [-0.15, -0.1) is 0 Å². The minimum Gasteiger partial charge on any atom is -0.310 e. The van der Waals surface area contributed by atoms with Crippen molar-refractivity contribution in [2.24, 2.45) is 5.92 Å². The molecule has 0 aliphatic heterocycles. The van der Waals surface area contributed by atoms with Crippen LogP contribution in [-0.4, -0.2) is 6.54 Å². The van der Waals surface area contributed by atoms with Crippen LogP contribution in [0.2, 0.25) is 0 Å². The molecule has 1 aliphatic rings. The molecule has 94 valence electrons. The number of benzene rings is 1. The predicted molar refractivity (Wildman–Crippen MR) is 77.5 cm³/mol. The van der Waals surface area contributed by atoms with Crippen molar-refractivity contribution in [1.29, 1.82) is 0 Å². The van der Waals surface area contributed by atoms with Crippen LogP contribution in [-0.2, 0) is 0 Å². The highest BCUT2D eigenvalue weighted by molar-refractivity contribution is 14.1. The van der Waals surface area contributed by atoms with E-state index < -0.39 is 0 Å². The lowest BCUT2D eigenvalue weighted by Crippen LogP contribution is -2.23. The standard InChI is InChI=1S/C14H19FIN/c1-2-7-17-14(8-10-3-4-10)12-6-5-11(15)9-13(12)16/h5-6,9-10,14,17H,2-4,7-8H2,1H3. The quantitative estimate of drug-likeness (QED) is 0.758. The Kier molecular flexibility index (Phi) is 4.79. The normalized spacial score (nSPS) is 17.1. The highest BCUT2D eigenvalue weighted by Gasteiger charge is 2.26. The van der Waals surface area contributed by atoms with Gasteiger partial charge in [0.2, 0.25) is 0 Å². The summed E-state index contributed by atoms with van der Waals surface area (Å²) in [5.74, 6) is 0.740. The van der Waals surface area contributed by atoms with Crippen molar-refractivity contribution in [1.82, 2.24) is 5.32 Å². The van der Waals surface area contributed by atoms with Crippen LogP contribution in [0.4, 0.5) is 4.39 Å². The topological polar surface area (TPSA) is 12.0 Å². The summed E-state index contributed by atoms with van der Waals surface area (Å²) in [7, 11) is 0. The Balaban J connectivity index is 2.11. The van der Waals surface area contributed by atoms with E-state index >= 15 is 0 Å². The second-order valence-corrected chi connectivity index (χ2v) is 6.01. The summed E-state index contributed by atoms with van der Waals surface area (Å²) in [6, 6.07) is 5.54. The van der Waals surface area contributed by atoms with Gasteiger partial charge >= 0.3 is 0 Å². The maximum absolute atomic E-state index is 13.1. The Morgan fingerprint density at radius 1 is 1.47 bits per heavy atom. The third-order valence-electron chi connectivity index (χ3n) is 3.24. The first kappa shape index (κ1) is 13.3. The molecular formula is C14H19FIN. The minimum absolute atomic E-state index is 0.140. The van der Waals surface area contributed by atoms with Gasteiger partial charge in [-0.3, -0.25) is 0 Å². The lowest BCUT2D eigenvalue weighted by molar-refractivity contribution is 0.471. The Labute approximate surface area is 116 Å². The summed E-state index contributed by atoms with van der Waals surface area (Å²) < 4.78 is 14.2. The third kappa shape index (κ3) is 3.91. The van der Waals surface area contributed by atoms with Crippen LogP contribution >= 0.6 is 22.6 Å². The van der Waals surface area contributed by atoms with Crippen LogP contribution in [0.15, 0.2) is 18.2 Å². The van der Waals surface area contributed by atoms with Gasteiger partial charge in [-0.2, -0.15) is 0 Å². The van der Waals surface area contributed by atoms with Gasteiger partial charge in [0.1, 0.15) is 5.82 Å². The number of rotatable bonds is 6. The zero-order chi connectivity index (χ0) is 12.3. The first-order valence-corrected chi connectivity index (χ1v) is 7.47. The van der Waals surface area contributed by atoms with Gasteiger partial charge in [-0.05, 0) is 65.6 Å². The van der Waals surface area contributed by atoms with E-state index in [1.807, 2.05) is 6.07 Å². The van der Waals surface area contributed by atoms with E-state index in [0.717, 1.165) is 22.5 Å². The average molecular weight is 347 g/mol. The van der Waals surface area contributed by atoms with Crippen molar-refractivity contribution in [2.45, 2.75) is 38.6 Å². The average Bonchev–Trinajstić information content (AvgIpc) is 3.08. The van der Waals surface area contributed by atoms with E-state index in [1.165, 1.54) is 24.8 Å². The largest absolute Gasteiger partial charge is 0.310 e. The smallest absolute Gasteiger partial charge is 0.124 e. The molecule has 1 aliphatic carbocycles. The maximum Gasteiger partial charge on any atom is 0.124 e. The summed E-state index contributed by atoms with van der Waals surface area (Å²) in [6.07, 6.45) is 5.06. The molecule has 17 heavy (non-hydrogen) atoms. The van der Waals surface area contributed by atoms with Gasteiger partial charge in [0.15, 0.2) is 0 Å². The summed E-state index contributed by atoms with van der Waals surface area (Å²) in [4.78, 5) is 0. The number of nitrogens with one attached hydrogen (secondary N) is 1. The highest BCUT2D eigenvalue weighted by atomic mass is 127. The van der Waals surface area contributed by atoms with E-state index in [1.54, 1.807) is 12.1 Å². The Bertz CT molecular complexity index is 376. The van der Waals surface area contributed by atoms with Crippen LogP contribution in [0.5, 0.6) is 0 Å². The summed E-state index contributed by atoms with van der Waals surface area (Å²) in [5, 5.41) is 3.59. The molecule has 0 spiro atoms. The molecule has 1 N–H and O–H groups in total. The lowest BCUT2D eigenvalue weighted by atomic mass is 10.0. The van der Waals surface area contributed by atoms with E-state index in [2.05, 4.69) is 34.8 Å². The van der Waals surface area contributed by atoms with Crippen molar-refractivity contribution in [3.63, 3.8) is 0 Å². The summed E-state index contributed by atoms with van der Waals surface area (Å²) in [5.41, 5.74) is 1.26. The molecule has 1 fully saturated rings. The van der Waals surface area contributed by atoms with E-state index in [9.17, 15) is 4.39 Å². The SMILES string of the molecule is CCCNC(CC1CC1)c1ccc(F)cc1I. The fourth-order valence-electron chi connectivity index (χ4n) is 2.11. The molecule has 1 nitrogen and oxygen atoms in total.